The molecule has 1 heterocycles. The normalized spacial score (nSPS) is 11.1. The zero-order chi connectivity index (χ0) is 21.0. The number of rotatable bonds is 7. The van der Waals surface area contributed by atoms with E-state index in [-0.39, 0.29) is 22.4 Å². The van der Waals surface area contributed by atoms with Crippen molar-refractivity contribution in [3.63, 3.8) is 0 Å². The van der Waals surface area contributed by atoms with E-state index in [1.165, 1.54) is 19.2 Å². The lowest BCUT2D eigenvalue weighted by Gasteiger charge is -2.06. The lowest BCUT2D eigenvalue weighted by molar-refractivity contribution is -0.115. The van der Waals surface area contributed by atoms with Crippen LogP contribution in [-0.2, 0) is 21.2 Å². The number of aromatic nitrogens is 1. The van der Waals surface area contributed by atoms with Crippen LogP contribution >= 0.6 is 22.9 Å². The number of anilines is 2. The highest BCUT2D eigenvalue weighted by Gasteiger charge is 2.17. The molecule has 0 aliphatic carbocycles. The molecule has 152 valence electrons. The van der Waals surface area contributed by atoms with Gasteiger partial charge in [-0.2, -0.15) is 0 Å². The second-order valence-electron chi connectivity index (χ2n) is 6.11. The van der Waals surface area contributed by atoms with E-state index in [0.29, 0.717) is 22.2 Å². The Bertz CT molecular complexity index is 1130. The third-order valence-electron chi connectivity index (χ3n) is 3.94. The fourth-order valence-corrected chi connectivity index (χ4v) is 4.55. The zero-order valence-electron chi connectivity index (χ0n) is 15.6. The summed E-state index contributed by atoms with van der Waals surface area (Å²) >= 11 is 7.16. The second-order valence-corrected chi connectivity index (χ2v) is 9.06. The van der Waals surface area contributed by atoms with Crippen molar-refractivity contribution in [2.45, 2.75) is 18.2 Å². The van der Waals surface area contributed by atoms with E-state index in [0.717, 1.165) is 16.9 Å². The van der Waals surface area contributed by atoms with Crippen LogP contribution in [0.1, 0.15) is 11.3 Å². The van der Waals surface area contributed by atoms with Crippen molar-refractivity contribution < 1.29 is 17.9 Å². The molecular weight excluding hydrogens is 434 g/mol. The number of halogens is 1. The van der Waals surface area contributed by atoms with E-state index in [1.54, 1.807) is 29.6 Å². The predicted octanol–water partition coefficient (Wildman–Crippen LogP) is 4.10. The molecule has 0 saturated carbocycles. The molecule has 0 radical (unpaired) electrons. The van der Waals surface area contributed by atoms with Crippen LogP contribution in [-0.4, -0.2) is 26.4 Å². The average molecular weight is 452 g/mol. The number of hydrogen-bond acceptors (Lipinski definition) is 6. The quantitative estimate of drug-likeness (QED) is 0.563. The summed E-state index contributed by atoms with van der Waals surface area (Å²) in [6, 6.07) is 11.2. The molecule has 10 heteroatoms. The number of aryl methyl sites for hydroxylation is 1. The first-order chi connectivity index (χ1) is 13.8. The van der Waals surface area contributed by atoms with Crippen LogP contribution in [0, 0.1) is 6.92 Å². The number of methoxy groups -OCH3 is 1. The van der Waals surface area contributed by atoms with Crippen molar-refractivity contribution in [1.29, 1.82) is 0 Å². The number of nitrogens with one attached hydrogen (secondary N) is 2. The molecule has 0 aliphatic rings. The van der Waals surface area contributed by atoms with Crippen molar-refractivity contribution in [2.75, 3.05) is 17.1 Å². The van der Waals surface area contributed by atoms with E-state index in [2.05, 4.69) is 15.0 Å². The van der Waals surface area contributed by atoms with Crippen LogP contribution < -0.4 is 14.8 Å². The summed E-state index contributed by atoms with van der Waals surface area (Å²) in [6.45, 7) is 1.87. The Kier molecular flexibility index (Phi) is 6.41. The van der Waals surface area contributed by atoms with Crippen LogP contribution in [0.2, 0.25) is 5.02 Å². The number of benzene rings is 2. The second kappa shape index (κ2) is 8.81. The number of carbonyl (C=O) groups is 1. The van der Waals surface area contributed by atoms with Gasteiger partial charge in [-0.25, -0.2) is 13.4 Å². The molecule has 0 atom stereocenters. The molecule has 2 aromatic carbocycles. The van der Waals surface area contributed by atoms with Gasteiger partial charge in [0.05, 0.1) is 24.1 Å². The molecule has 29 heavy (non-hydrogen) atoms. The average Bonchev–Trinajstić information content (AvgIpc) is 3.10. The highest BCUT2D eigenvalue weighted by Crippen LogP contribution is 2.23. The summed E-state index contributed by atoms with van der Waals surface area (Å²) in [4.78, 5) is 16.5. The molecule has 0 unspecified atom stereocenters. The summed E-state index contributed by atoms with van der Waals surface area (Å²) in [5.74, 6) is 0.279. The standard InChI is InChI=1S/C19H18ClN3O4S2/c1-12-3-4-13(9-17(12)20)21-18(24)10-14-11-28-19(22-14)23-29(25,26)16-7-5-15(27-2)6-8-16/h3-9,11H,10H2,1-2H3,(H,21,24)(H,22,23). The van der Waals surface area contributed by atoms with Crippen LogP contribution in [0.3, 0.4) is 0 Å². The van der Waals surface area contributed by atoms with Crippen molar-refractivity contribution in [3.8, 4) is 5.75 Å². The number of sulfonamides is 1. The Hall–Kier alpha value is -2.62. The van der Waals surface area contributed by atoms with Gasteiger partial charge < -0.3 is 10.1 Å². The van der Waals surface area contributed by atoms with E-state index in [9.17, 15) is 13.2 Å². The predicted molar refractivity (Wildman–Crippen MR) is 114 cm³/mol. The first kappa shape index (κ1) is 21.1. The topological polar surface area (TPSA) is 97.4 Å². The number of thiazole rings is 1. The molecule has 1 aromatic heterocycles. The SMILES string of the molecule is COc1ccc(S(=O)(=O)Nc2nc(CC(=O)Nc3ccc(C)c(Cl)c3)cs2)cc1. The molecule has 3 aromatic rings. The summed E-state index contributed by atoms with van der Waals surface area (Å²) in [7, 11) is -2.28. The minimum Gasteiger partial charge on any atom is -0.497 e. The highest BCUT2D eigenvalue weighted by molar-refractivity contribution is 7.93. The first-order valence-corrected chi connectivity index (χ1v) is 11.2. The Balaban J connectivity index is 1.63. The molecule has 2 N–H and O–H groups in total. The zero-order valence-corrected chi connectivity index (χ0v) is 18.0. The maximum absolute atomic E-state index is 12.5. The molecule has 0 bridgehead atoms. The monoisotopic (exact) mass is 451 g/mol. The van der Waals surface area contributed by atoms with Gasteiger partial charge in [-0.1, -0.05) is 17.7 Å². The van der Waals surface area contributed by atoms with Crippen molar-refractivity contribution in [2.24, 2.45) is 0 Å². The van der Waals surface area contributed by atoms with Crippen molar-refractivity contribution >= 4 is 49.7 Å². The van der Waals surface area contributed by atoms with Crippen LogP contribution in [0.25, 0.3) is 0 Å². The summed E-state index contributed by atoms with van der Waals surface area (Å²) in [5.41, 5.74) is 1.96. The molecule has 0 spiro atoms. The number of carbonyl (C=O) groups excluding carboxylic acids is 1. The van der Waals surface area contributed by atoms with Gasteiger partial charge in [0.15, 0.2) is 5.13 Å². The Morgan fingerprint density at radius 2 is 1.93 bits per heavy atom. The number of nitrogens with zero attached hydrogens (tertiary/aromatic N) is 1. The Morgan fingerprint density at radius 3 is 2.59 bits per heavy atom. The van der Waals surface area contributed by atoms with Gasteiger partial charge in [0.2, 0.25) is 5.91 Å². The minimum absolute atomic E-state index is 0.00621. The fraction of sp³-hybridized carbons (Fsp3) is 0.158. The van der Waals surface area contributed by atoms with E-state index < -0.39 is 10.0 Å². The van der Waals surface area contributed by atoms with E-state index in [1.807, 2.05) is 13.0 Å². The van der Waals surface area contributed by atoms with Crippen LogP contribution in [0.15, 0.2) is 52.7 Å². The van der Waals surface area contributed by atoms with Gasteiger partial charge in [0, 0.05) is 16.1 Å². The molecule has 3 rings (SSSR count). The Morgan fingerprint density at radius 1 is 1.21 bits per heavy atom. The fourth-order valence-electron chi connectivity index (χ4n) is 2.40. The lowest BCUT2D eigenvalue weighted by Crippen LogP contribution is -2.15. The maximum atomic E-state index is 12.5. The molecule has 7 nitrogen and oxygen atoms in total. The third kappa shape index (κ3) is 5.47. The first-order valence-electron chi connectivity index (χ1n) is 8.44. The van der Waals surface area contributed by atoms with Gasteiger partial charge in [0.25, 0.3) is 10.0 Å². The largest absolute Gasteiger partial charge is 0.497 e. The highest BCUT2D eigenvalue weighted by atomic mass is 35.5. The van der Waals surface area contributed by atoms with Gasteiger partial charge in [-0.15, -0.1) is 11.3 Å². The summed E-state index contributed by atoms with van der Waals surface area (Å²) in [5, 5.41) is 5.12. The van der Waals surface area contributed by atoms with Gasteiger partial charge in [0.1, 0.15) is 5.75 Å². The summed E-state index contributed by atoms with van der Waals surface area (Å²) in [6.07, 6.45) is 0.00621. The van der Waals surface area contributed by atoms with E-state index >= 15 is 0 Å². The molecule has 0 fully saturated rings. The van der Waals surface area contributed by atoms with Crippen molar-refractivity contribution in [1.82, 2.24) is 4.98 Å². The molecular formula is C19H18ClN3O4S2. The lowest BCUT2D eigenvalue weighted by atomic mass is 10.2. The van der Waals surface area contributed by atoms with Crippen LogP contribution in [0.5, 0.6) is 5.75 Å². The van der Waals surface area contributed by atoms with Gasteiger partial charge in [-0.05, 0) is 48.9 Å². The molecule has 1 amide bonds. The minimum atomic E-state index is -3.78. The summed E-state index contributed by atoms with van der Waals surface area (Å²) < 4.78 is 32.4. The maximum Gasteiger partial charge on any atom is 0.263 e. The molecule has 0 aliphatic heterocycles. The van der Waals surface area contributed by atoms with Crippen molar-refractivity contribution in [3.05, 3.63) is 64.1 Å². The van der Waals surface area contributed by atoms with Gasteiger partial charge >= 0.3 is 0 Å². The smallest absolute Gasteiger partial charge is 0.263 e. The Labute approximate surface area is 177 Å². The number of hydrogen-bond donors (Lipinski definition) is 2. The third-order valence-corrected chi connectivity index (χ3v) is 6.64. The van der Waals surface area contributed by atoms with Crippen LogP contribution in [0.4, 0.5) is 10.8 Å². The molecule has 0 saturated heterocycles. The number of ether oxygens (including phenoxy) is 1. The van der Waals surface area contributed by atoms with E-state index in [4.69, 9.17) is 16.3 Å². The van der Waals surface area contributed by atoms with Gasteiger partial charge in [-0.3, -0.25) is 9.52 Å². The number of amides is 1.